The van der Waals surface area contributed by atoms with Crippen molar-refractivity contribution in [1.29, 1.82) is 0 Å². The van der Waals surface area contributed by atoms with Crippen molar-refractivity contribution in [2.45, 2.75) is 20.0 Å². The van der Waals surface area contributed by atoms with Gasteiger partial charge in [0.05, 0.1) is 25.0 Å². The molecule has 136 valence electrons. The molecule has 0 unspecified atom stereocenters. The van der Waals surface area contributed by atoms with Gasteiger partial charge < -0.3 is 9.32 Å². The smallest absolute Gasteiger partial charge is 0.254 e. The van der Waals surface area contributed by atoms with Gasteiger partial charge in [0.2, 0.25) is 0 Å². The molecule has 0 N–H and O–H groups in total. The minimum absolute atomic E-state index is 0.0236. The van der Waals surface area contributed by atoms with Gasteiger partial charge in [-0.25, -0.2) is 4.68 Å². The number of benzene rings is 1. The van der Waals surface area contributed by atoms with Crippen LogP contribution in [0.2, 0.25) is 0 Å². The molecule has 1 aromatic carbocycles. The number of aromatic nitrogens is 2. The third kappa shape index (κ3) is 4.01. The number of amides is 1. The van der Waals surface area contributed by atoms with Crippen molar-refractivity contribution in [2.75, 3.05) is 0 Å². The van der Waals surface area contributed by atoms with Crippen LogP contribution in [0.5, 0.6) is 0 Å². The molecule has 6 heteroatoms. The van der Waals surface area contributed by atoms with E-state index in [9.17, 15) is 4.79 Å². The average molecular weight is 377 g/mol. The Bertz CT molecular complexity index is 1000. The van der Waals surface area contributed by atoms with Gasteiger partial charge in [0.25, 0.3) is 5.91 Å². The van der Waals surface area contributed by atoms with Crippen LogP contribution in [0.15, 0.2) is 77.7 Å². The average Bonchev–Trinajstić information content (AvgIpc) is 3.44. The van der Waals surface area contributed by atoms with Crippen molar-refractivity contribution >= 4 is 17.2 Å². The zero-order valence-corrected chi connectivity index (χ0v) is 15.7. The Kier molecular flexibility index (Phi) is 4.89. The van der Waals surface area contributed by atoms with Crippen LogP contribution in [0, 0.1) is 6.92 Å². The van der Waals surface area contributed by atoms with Crippen molar-refractivity contribution in [3.05, 3.63) is 94.3 Å². The monoisotopic (exact) mass is 377 g/mol. The summed E-state index contributed by atoms with van der Waals surface area (Å²) in [6.07, 6.45) is 5.23. The van der Waals surface area contributed by atoms with E-state index in [-0.39, 0.29) is 5.91 Å². The summed E-state index contributed by atoms with van der Waals surface area (Å²) in [6, 6.07) is 17.2. The predicted octanol–water partition coefficient (Wildman–Crippen LogP) is 4.68. The number of aryl methyl sites for hydroxylation is 1. The minimum atomic E-state index is -0.0236. The van der Waals surface area contributed by atoms with Crippen LogP contribution >= 0.6 is 11.3 Å². The molecule has 3 aromatic heterocycles. The van der Waals surface area contributed by atoms with Crippen LogP contribution in [0.4, 0.5) is 0 Å². The number of hydrogen-bond acceptors (Lipinski definition) is 4. The largest absolute Gasteiger partial charge is 0.467 e. The summed E-state index contributed by atoms with van der Waals surface area (Å²) in [6.45, 7) is 3.06. The Morgan fingerprint density at radius 1 is 1.11 bits per heavy atom. The summed E-state index contributed by atoms with van der Waals surface area (Å²) < 4.78 is 7.23. The van der Waals surface area contributed by atoms with E-state index in [1.54, 1.807) is 28.5 Å². The fraction of sp³-hybridized carbons (Fsp3) is 0.143. The van der Waals surface area contributed by atoms with Gasteiger partial charge in [-0.05, 0) is 61.5 Å². The summed E-state index contributed by atoms with van der Waals surface area (Å²) in [4.78, 5) is 17.3. The quantitative estimate of drug-likeness (QED) is 0.490. The second-order valence-electron chi connectivity index (χ2n) is 6.25. The van der Waals surface area contributed by atoms with Crippen LogP contribution in [-0.4, -0.2) is 20.6 Å². The number of carbonyl (C=O) groups is 1. The minimum Gasteiger partial charge on any atom is -0.467 e. The standard InChI is InChI=1S/C21H19N3O2S/c1-16-5-10-20(27-16)15-23(14-19-4-2-13-26-19)21(25)17-6-8-18(9-7-17)24-12-3-11-22-24/h2-13H,14-15H2,1H3. The zero-order chi connectivity index (χ0) is 18.6. The molecule has 0 spiro atoms. The maximum atomic E-state index is 13.1. The predicted molar refractivity (Wildman–Crippen MR) is 105 cm³/mol. The summed E-state index contributed by atoms with van der Waals surface area (Å²) in [7, 11) is 0. The second kappa shape index (κ2) is 7.63. The molecule has 1 amide bonds. The van der Waals surface area contributed by atoms with Crippen LogP contribution in [0.3, 0.4) is 0 Å². The summed E-state index contributed by atoms with van der Waals surface area (Å²) in [5.74, 6) is 0.745. The van der Waals surface area contributed by atoms with E-state index < -0.39 is 0 Å². The van der Waals surface area contributed by atoms with Gasteiger partial charge in [0.15, 0.2) is 0 Å². The second-order valence-corrected chi connectivity index (χ2v) is 7.62. The summed E-state index contributed by atoms with van der Waals surface area (Å²) in [5.41, 5.74) is 1.56. The molecule has 0 saturated carbocycles. The molecule has 0 aliphatic carbocycles. The number of carbonyl (C=O) groups excluding carboxylic acids is 1. The molecule has 0 atom stereocenters. The maximum Gasteiger partial charge on any atom is 0.254 e. The van der Waals surface area contributed by atoms with Crippen molar-refractivity contribution in [2.24, 2.45) is 0 Å². The van der Waals surface area contributed by atoms with Gasteiger partial charge >= 0.3 is 0 Å². The first-order valence-corrected chi connectivity index (χ1v) is 9.48. The lowest BCUT2D eigenvalue weighted by Crippen LogP contribution is -2.29. The van der Waals surface area contributed by atoms with Crippen LogP contribution < -0.4 is 0 Å². The van der Waals surface area contributed by atoms with Crippen LogP contribution in [0.25, 0.3) is 5.69 Å². The molecule has 4 aromatic rings. The van der Waals surface area contributed by atoms with Gasteiger partial charge in [0.1, 0.15) is 5.76 Å². The third-order valence-corrected chi connectivity index (χ3v) is 5.23. The van der Waals surface area contributed by atoms with E-state index in [1.165, 1.54) is 4.88 Å². The fourth-order valence-corrected chi connectivity index (χ4v) is 3.82. The molecular weight excluding hydrogens is 358 g/mol. The lowest BCUT2D eigenvalue weighted by atomic mass is 10.1. The lowest BCUT2D eigenvalue weighted by molar-refractivity contribution is 0.0719. The highest BCUT2D eigenvalue weighted by Gasteiger charge is 2.18. The van der Waals surface area contributed by atoms with Gasteiger partial charge in [0, 0.05) is 27.7 Å². The first kappa shape index (κ1) is 17.3. The lowest BCUT2D eigenvalue weighted by Gasteiger charge is -2.21. The normalized spacial score (nSPS) is 10.9. The van der Waals surface area contributed by atoms with Crippen LogP contribution in [0.1, 0.15) is 25.9 Å². The zero-order valence-electron chi connectivity index (χ0n) is 14.9. The van der Waals surface area contributed by atoms with Gasteiger partial charge in [-0.15, -0.1) is 11.3 Å². The summed E-state index contributed by atoms with van der Waals surface area (Å²) in [5, 5.41) is 4.21. The van der Waals surface area contributed by atoms with E-state index in [0.717, 1.165) is 16.3 Å². The van der Waals surface area contributed by atoms with E-state index in [4.69, 9.17) is 4.42 Å². The molecule has 0 bridgehead atoms. The molecule has 0 radical (unpaired) electrons. The van der Waals surface area contributed by atoms with Crippen molar-refractivity contribution < 1.29 is 9.21 Å². The molecule has 0 saturated heterocycles. The van der Waals surface area contributed by atoms with E-state index in [1.807, 2.05) is 53.6 Å². The van der Waals surface area contributed by atoms with Gasteiger partial charge in [-0.2, -0.15) is 5.10 Å². The van der Waals surface area contributed by atoms with E-state index in [2.05, 4.69) is 24.2 Å². The Morgan fingerprint density at radius 3 is 2.59 bits per heavy atom. The molecule has 3 heterocycles. The topological polar surface area (TPSA) is 51.3 Å². The number of thiophene rings is 1. The van der Waals surface area contributed by atoms with Crippen molar-refractivity contribution in [3.63, 3.8) is 0 Å². The fourth-order valence-electron chi connectivity index (χ4n) is 2.91. The molecule has 4 rings (SSSR count). The third-order valence-electron chi connectivity index (χ3n) is 4.24. The van der Waals surface area contributed by atoms with Gasteiger partial charge in [-0.1, -0.05) is 0 Å². The molecule has 0 fully saturated rings. The Hall–Kier alpha value is -3.12. The summed E-state index contributed by atoms with van der Waals surface area (Å²) >= 11 is 1.71. The number of furan rings is 1. The highest BCUT2D eigenvalue weighted by molar-refractivity contribution is 7.11. The molecule has 27 heavy (non-hydrogen) atoms. The van der Waals surface area contributed by atoms with Crippen LogP contribution in [-0.2, 0) is 13.1 Å². The highest BCUT2D eigenvalue weighted by Crippen LogP contribution is 2.21. The number of nitrogens with zero attached hydrogens (tertiary/aromatic N) is 3. The molecular formula is C21H19N3O2S. The Labute approximate surface area is 161 Å². The molecule has 0 aliphatic rings. The Morgan fingerprint density at radius 2 is 1.96 bits per heavy atom. The molecule has 0 aliphatic heterocycles. The first-order valence-electron chi connectivity index (χ1n) is 8.66. The van der Waals surface area contributed by atoms with Crippen molar-refractivity contribution in [1.82, 2.24) is 14.7 Å². The van der Waals surface area contributed by atoms with E-state index >= 15 is 0 Å². The SMILES string of the molecule is Cc1ccc(CN(Cc2ccco2)C(=O)c2ccc(-n3cccn3)cc2)s1. The first-order chi connectivity index (χ1) is 13.2. The molecule has 5 nitrogen and oxygen atoms in total. The number of hydrogen-bond donors (Lipinski definition) is 0. The Balaban J connectivity index is 1.57. The maximum absolute atomic E-state index is 13.1. The highest BCUT2D eigenvalue weighted by atomic mass is 32.1. The van der Waals surface area contributed by atoms with E-state index in [0.29, 0.717) is 18.7 Å². The number of rotatable bonds is 6. The van der Waals surface area contributed by atoms with Crippen molar-refractivity contribution in [3.8, 4) is 5.69 Å². The van der Waals surface area contributed by atoms with Gasteiger partial charge in [-0.3, -0.25) is 4.79 Å².